The Balaban J connectivity index is 1.65. The lowest BCUT2D eigenvalue weighted by atomic mass is 10.1. The monoisotopic (exact) mass is 482 g/mol. The highest BCUT2D eigenvalue weighted by Gasteiger charge is 2.12. The van der Waals surface area contributed by atoms with Gasteiger partial charge in [-0.3, -0.25) is 9.59 Å². The third-order valence-corrected chi connectivity index (χ3v) is 5.13. The maximum absolute atomic E-state index is 12.6. The lowest BCUT2D eigenvalue weighted by Gasteiger charge is -2.12. The molecule has 0 spiro atoms. The van der Waals surface area contributed by atoms with Crippen LogP contribution in [0, 0.1) is 6.92 Å². The number of nitrogens with one attached hydrogen (secondary N) is 2. The van der Waals surface area contributed by atoms with Gasteiger partial charge in [0.1, 0.15) is 12.4 Å². The molecule has 160 valence electrons. The first kappa shape index (κ1) is 22.5. The average Bonchev–Trinajstić information content (AvgIpc) is 2.77. The lowest BCUT2D eigenvalue weighted by molar-refractivity contribution is 0.101. The van der Waals surface area contributed by atoms with Crippen molar-refractivity contribution in [1.82, 2.24) is 0 Å². The Hall–Kier alpha value is -3.16. The second-order valence-corrected chi connectivity index (χ2v) is 7.64. The number of anilines is 2. The van der Waals surface area contributed by atoms with Crippen LogP contribution in [0.4, 0.5) is 11.4 Å². The van der Waals surface area contributed by atoms with Crippen LogP contribution in [0.5, 0.6) is 5.75 Å². The highest BCUT2D eigenvalue weighted by atomic mass is 79.9. The number of halogens is 1. The summed E-state index contributed by atoms with van der Waals surface area (Å²) in [5, 5.41) is 5.77. The molecule has 0 atom stereocenters. The number of carbonyl (C=O) groups is 2. The minimum absolute atomic E-state index is 0.182. The van der Waals surface area contributed by atoms with Crippen LogP contribution in [-0.2, 0) is 4.74 Å². The summed E-state index contributed by atoms with van der Waals surface area (Å²) in [5.41, 5.74) is 3.23. The molecule has 0 fully saturated rings. The van der Waals surface area contributed by atoms with Gasteiger partial charge >= 0.3 is 0 Å². The van der Waals surface area contributed by atoms with Crippen LogP contribution in [0.2, 0.25) is 0 Å². The Kier molecular flexibility index (Phi) is 7.81. The molecule has 3 aromatic carbocycles. The summed E-state index contributed by atoms with van der Waals surface area (Å²) in [4.78, 5) is 25.0. The summed E-state index contributed by atoms with van der Waals surface area (Å²) in [7, 11) is 1.61. The largest absolute Gasteiger partial charge is 0.490 e. The number of amides is 2. The Bertz CT molecular complexity index is 1070. The van der Waals surface area contributed by atoms with Crippen molar-refractivity contribution in [2.45, 2.75) is 6.92 Å². The summed E-state index contributed by atoms with van der Waals surface area (Å²) in [5.74, 6) is 0.214. The summed E-state index contributed by atoms with van der Waals surface area (Å²) < 4.78 is 11.2. The van der Waals surface area contributed by atoms with Crippen molar-refractivity contribution >= 4 is 39.1 Å². The zero-order valence-corrected chi connectivity index (χ0v) is 18.9. The van der Waals surface area contributed by atoms with Crippen molar-refractivity contribution in [3.63, 3.8) is 0 Å². The van der Waals surface area contributed by atoms with Crippen LogP contribution in [0.15, 0.2) is 71.2 Å². The lowest BCUT2D eigenvalue weighted by Crippen LogP contribution is -2.14. The molecule has 0 aliphatic rings. The van der Waals surface area contributed by atoms with Gasteiger partial charge in [0.15, 0.2) is 0 Å². The second-order valence-electron chi connectivity index (χ2n) is 6.79. The van der Waals surface area contributed by atoms with Crippen LogP contribution in [0.1, 0.15) is 26.3 Å². The van der Waals surface area contributed by atoms with Gasteiger partial charge in [-0.1, -0.05) is 18.2 Å². The number of methoxy groups -OCH3 is 1. The van der Waals surface area contributed by atoms with Gasteiger partial charge < -0.3 is 20.1 Å². The molecule has 31 heavy (non-hydrogen) atoms. The zero-order valence-electron chi connectivity index (χ0n) is 17.3. The van der Waals surface area contributed by atoms with Gasteiger partial charge in [0, 0.05) is 29.6 Å². The van der Waals surface area contributed by atoms with E-state index < -0.39 is 0 Å². The van der Waals surface area contributed by atoms with Crippen molar-refractivity contribution in [2.75, 3.05) is 31.0 Å². The van der Waals surface area contributed by atoms with E-state index in [4.69, 9.17) is 9.47 Å². The van der Waals surface area contributed by atoms with Crippen LogP contribution in [0.3, 0.4) is 0 Å². The van der Waals surface area contributed by atoms with Gasteiger partial charge in [-0.25, -0.2) is 0 Å². The molecule has 2 N–H and O–H groups in total. The van der Waals surface area contributed by atoms with E-state index in [1.807, 2.05) is 31.2 Å². The molecular formula is C24H23BrN2O4. The number of benzene rings is 3. The summed E-state index contributed by atoms with van der Waals surface area (Å²) in [6.07, 6.45) is 0. The van der Waals surface area contributed by atoms with Crippen molar-refractivity contribution in [2.24, 2.45) is 0 Å². The van der Waals surface area contributed by atoms with Crippen LogP contribution in [-0.4, -0.2) is 32.1 Å². The topological polar surface area (TPSA) is 76.7 Å². The van der Waals surface area contributed by atoms with Crippen LogP contribution in [0.25, 0.3) is 0 Å². The predicted molar refractivity (Wildman–Crippen MR) is 125 cm³/mol. The number of hydrogen-bond acceptors (Lipinski definition) is 4. The molecule has 0 bridgehead atoms. The van der Waals surface area contributed by atoms with Gasteiger partial charge in [0.05, 0.1) is 11.1 Å². The predicted octanol–water partition coefficient (Wildman–Crippen LogP) is 5.29. The third kappa shape index (κ3) is 6.16. The normalized spacial score (nSPS) is 10.4. The highest BCUT2D eigenvalue weighted by molar-refractivity contribution is 9.10. The van der Waals surface area contributed by atoms with Crippen molar-refractivity contribution in [3.05, 3.63) is 87.9 Å². The molecule has 0 aromatic heterocycles. The summed E-state index contributed by atoms with van der Waals surface area (Å²) in [6.45, 7) is 2.78. The van der Waals surface area contributed by atoms with Gasteiger partial charge in [-0.2, -0.15) is 0 Å². The van der Waals surface area contributed by atoms with Crippen molar-refractivity contribution in [3.8, 4) is 5.75 Å². The fourth-order valence-corrected chi connectivity index (χ4v) is 3.36. The Morgan fingerprint density at radius 1 is 0.871 bits per heavy atom. The molecule has 0 heterocycles. The fourth-order valence-electron chi connectivity index (χ4n) is 2.86. The zero-order chi connectivity index (χ0) is 22.2. The third-order valence-electron chi connectivity index (χ3n) is 4.51. The minimum Gasteiger partial charge on any atom is -0.490 e. The standard InChI is InChI=1S/C24H23BrN2O4/c1-16-14-19(9-10-21(16)27-23(28)17-6-4-3-5-7-17)26-24(29)18-8-11-22(20(25)15-18)31-13-12-30-2/h3-11,14-15H,12-13H2,1-2H3,(H,26,29)(H,27,28). The van der Waals surface area contributed by atoms with Gasteiger partial charge in [0.2, 0.25) is 0 Å². The quantitative estimate of drug-likeness (QED) is 0.427. The molecule has 0 aliphatic carbocycles. The van der Waals surface area contributed by atoms with Crippen LogP contribution < -0.4 is 15.4 Å². The fraction of sp³-hybridized carbons (Fsp3) is 0.167. The van der Waals surface area contributed by atoms with E-state index in [-0.39, 0.29) is 11.8 Å². The highest BCUT2D eigenvalue weighted by Crippen LogP contribution is 2.27. The molecule has 3 rings (SSSR count). The van der Waals surface area contributed by atoms with E-state index in [1.165, 1.54) is 0 Å². The van der Waals surface area contributed by atoms with Crippen molar-refractivity contribution < 1.29 is 19.1 Å². The Morgan fingerprint density at radius 2 is 1.61 bits per heavy atom. The summed E-state index contributed by atoms with van der Waals surface area (Å²) >= 11 is 3.43. The summed E-state index contributed by atoms with van der Waals surface area (Å²) in [6, 6.07) is 19.5. The first-order valence-electron chi connectivity index (χ1n) is 9.67. The molecule has 0 saturated heterocycles. The first-order valence-corrected chi connectivity index (χ1v) is 10.5. The Labute approximate surface area is 189 Å². The second kappa shape index (κ2) is 10.7. The molecular weight excluding hydrogens is 460 g/mol. The molecule has 3 aromatic rings. The van der Waals surface area contributed by atoms with Gasteiger partial charge in [0.25, 0.3) is 11.8 Å². The van der Waals surface area contributed by atoms with Crippen LogP contribution >= 0.6 is 15.9 Å². The number of ether oxygens (including phenoxy) is 2. The molecule has 6 nitrogen and oxygen atoms in total. The SMILES string of the molecule is COCCOc1ccc(C(=O)Nc2ccc(NC(=O)c3ccccc3)c(C)c2)cc1Br. The number of hydrogen-bond donors (Lipinski definition) is 2. The molecule has 0 radical (unpaired) electrons. The Morgan fingerprint density at radius 3 is 2.29 bits per heavy atom. The van der Waals surface area contributed by atoms with E-state index >= 15 is 0 Å². The number of carbonyl (C=O) groups excluding carboxylic acids is 2. The van der Waals surface area contributed by atoms with E-state index in [0.29, 0.717) is 45.9 Å². The van der Waals surface area contributed by atoms with E-state index in [0.717, 1.165) is 5.56 Å². The van der Waals surface area contributed by atoms with E-state index in [2.05, 4.69) is 26.6 Å². The van der Waals surface area contributed by atoms with E-state index in [9.17, 15) is 9.59 Å². The van der Waals surface area contributed by atoms with Gasteiger partial charge in [-0.15, -0.1) is 0 Å². The number of aryl methyl sites for hydroxylation is 1. The maximum Gasteiger partial charge on any atom is 0.255 e. The molecule has 0 saturated carbocycles. The maximum atomic E-state index is 12.6. The number of rotatable bonds is 8. The molecule has 0 aliphatic heterocycles. The molecule has 0 unspecified atom stereocenters. The average molecular weight is 483 g/mol. The smallest absolute Gasteiger partial charge is 0.255 e. The molecule has 7 heteroatoms. The molecule has 2 amide bonds. The van der Waals surface area contributed by atoms with Crippen molar-refractivity contribution in [1.29, 1.82) is 0 Å². The van der Waals surface area contributed by atoms with Gasteiger partial charge in [-0.05, 0) is 76.9 Å². The first-order chi connectivity index (χ1) is 15.0. The van der Waals surface area contributed by atoms with E-state index in [1.54, 1.807) is 49.6 Å². The minimum atomic E-state index is -0.246.